The predicted molar refractivity (Wildman–Crippen MR) is 135 cm³/mol. The molecule has 2 aromatic heterocycles. The number of nitrogens with zero attached hydrogens (tertiary/aromatic N) is 4. The van der Waals surface area contributed by atoms with Crippen LogP contribution in [0.1, 0.15) is 26.3 Å². The molecule has 0 saturated heterocycles. The summed E-state index contributed by atoms with van der Waals surface area (Å²) in [5.41, 5.74) is 5.79. The standard InChI is InChI=1S/C23H30F3N6O6P/c1-14(2)37-22(33)18(10-35-4)31-39(34,38-17-7-5-16(6-8-17)23(24,25)26)13-36-15(3)9-32-12-30-19-20(27)28-11-29-21(19)32/h5-8,11-12,14-15,18H,9-10,13H2,1-4H3,(H,31,34)(H2,27,28,29)/t15-,18+,39+/m1/s1. The van der Waals surface area contributed by atoms with E-state index in [9.17, 15) is 22.5 Å². The Morgan fingerprint density at radius 3 is 2.46 bits per heavy atom. The van der Waals surface area contributed by atoms with Crippen LogP contribution in [-0.2, 0) is 36.3 Å². The molecule has 0 bridgehead atoms. The summed E-state index contributed by atoms with van der Waals surface area (Å²) in [4.78, 5) is 24.8. The zero-order chi connectivity index (χ0) is 28.8. The minimum absolute atomic E-state index is 0.128. The minimum atomic E-state index is -4.56. The van der Waals surface area contributed by atoms with Gasteiger partial charge in [-0.25, -0.2) is 20.0 Å². The van der Waals surface area contributed by atoms with Gasteiger partial charge in [-0.15, -0.1) is 0 Å². The number of carbonyl (C=O) groups is 1. The molecule has 0 saturated carbocycles. The highest BCUT2D eigenvalue weighted by Crippen LogP contribution is 2.44. The molecule has 3 atom stereocenters. The molecule has 16 heteroatoms. The lowest BCUT2D eigenvalue weighted by Crippen LogP contribution is -2.42. The minimum Gasteiger partial charge on any atom is -0.462 e. The summed E-state index contributed by atoms with van der Waals surface area (Å²) < 4.78 is 76.2. The van der Waals surface area contributed by atoms with E-state index in [4.69, 9.17) is 24.5 Å². The first kappa shape index (κ1) is 30.3. The number of alkyl halides is 3. The number of nitrogen functional groups attached to an aromatic ring is 1. The fourth-order valence-electron chi connectivity index (χ4n) is 3.43. The second-order valence-corrected chi connectivity index (χ2v) is 10.9. The summed E-state index contributed by atoms with van der Waals surface area (Å²) in [6.45, 7) is 4.98. The van der Waals surface area contributed by atoms with Crippen LogP contribution in [0.5, 0.6) is 5.75 Å². The van der Waals surface area contributed by atoms with Crippen LogP contribution in [0.2, 0.25) is 0 Å². The first-order valence-corrected chi connectivity index (χ1v) is 13.6. The maximum atomic E-state index is 13.9. The van der Waals surface area contributed by atoms with Gasteiger partial charge >= 0.3 is 19.7 Å². The Balaban J connectivity index is 1.80. The van der Waals surface area contributed by atoms with Crippen LogP contribution in [0.4, 0.5) is 19.0 Å². The average Bonchev–Trinajstić information content (AvgIpc) is 3.26. The third-order valence-corrected chi connectivity index (χ3v) is 6.87. The van der Waals surface area contributed by atoms with Gasteiger partial charge in [-0.3, -0.25) is 9.36 Å². The SMILES string of the molecule is COC[C@H](N[P@](=O)(CO[C@H](C)Cn1cnc2c(N)ncnc21)Oc1ccc(C(F)(F)F)cc1)C(=O)OC(C)C. The van der Waals surface area contributed by atoms with Gasteiger partial charge in [-0.2, -0.15) is 13.2 Å². The molecule has 0 unspecified atom stereocenters. The maximum absolute atomic E-state index is 13.9. The van der Waals surface area contributed by atoms with Crippen LogP contribution in [0.3, 0.4) is 0 Å². The molecule has 0 aliphatic heterocycles. The quantitative estimate of drug-likeness (QED) is 0.227. The van der Waals surface area contributed by atoms with Crippen LogP contribution < -0.4 is 15.3 Å². The van der Waals surface area contributed by atoms with Crippen molar-refractivity contribution in [3.63, 3.8) is 0 Å². The van der Waals surface area contributed by atoms with Gasteiger partial charge in [0, 0.05) is 7.11 Å². The number of nitrogens with one attached hydrogen (secondary N) is 1. The van der Waals surface area contributed by atoms with E-state index >= 15 is 0 Å². The topological polar surface area (TPSA) is 153 Å². The summed E-state index contributed by atoms with van der Waals surface area (Å²) in [5, 5.41) is 2.61. The summed E-state index contributed by atoms with van der Waals surface area (Å²) in [7, 11) is -2.75. The molecule has 1 aromatic carbocycles. The fourth-order valence-corrected chi connectivity index (χ4v) is 5.18. The molecule has 12 nitrogen and oxygen atoms in total. The number of halogens is 3. The van der Waals surface area contributed by atoms with Gasteiger partial charge in [-0.05, 0) is 45.0 Å². The molecular weight excluding hydrogens is 544 g/mol. The van der Waals surface area contributed by atoms with E-state index in [1.165, 1.54) is 19.8 Å². The first-order valence-electron chi connectivity index (χ1n) is 11.8. The molecule has 0 aliphatic carbocycles. The van der Waals surface area contributed by atoms with Gasteiger partial charge in [0.2, 0.25) is 0 Å². The lowest BCUT2D eigenvalue weighted by molar-refractivity contribution is -0.150. The van der Waals surface area contributed by atoms with Gasteiger partial charge in [0.15, 0.2) is 11.5 Å². The molecule has 0 amide bonds. The molecule has 3 rings (SSSR count). The molecule has 3 aromatic rings. The molecule has 3 N–H and O–H groups in total. The summed E-state index contributed by atoms with van der Waals surface area (Å²) in [5.74, 6) is -0.669. The van der Waals surface area contributed by atoms with Crippen molar-refractivity contribution in [2.24, 2.45) is 0 Å². The van der Waals surface area contributed by atoms with Gasteiger partial charge in [-0.1, -0.05) is 0 Å². The van der Waals surface area contributed by atoms with E-state index in [-0.39, 0.29) is 24.7 Å². The number of nitrogens with two attached hydrogens (primary N) is 1. The van der Waals surface area contributed by atoms with Gasteiger partial charge in [0.05, 0.1) is 37.3 Å². The molecular formula is C23H30F3N6O6P. The van der Waals surface area contributed by atoms with Crippen molar-refractivity contribution in [1.82, 2.24) is 24.6 Å². The van der Waals surface area contributed by atoms with Gasteiger partial charge < -0.3 is 29.0 Å². The van der Waals surface area contributed by atoms with E-state index in [1.54, 1.807) is 25.3 Å². The van der Waals surface area contributed by atoms with E-state index in [1.807, 2.05) is 0 Å². The van der Waals surface area contributed by atoms with Crippen molar-refractivity contribution >= 4 is 30.5 Å². The highest BCUT2D eigenvalue weighted by Gasteiger charge is 2.35. The summed E-state index contributed by atoms with van der Waals surface area (Å²) in [6.07, 6.45) is -3.35. The van der Waals surface area contributed by atoms with Gasteiger partial charge in [0.25, 0.3) is 0 Å². The number of fused-ring (bicyclic) bond motifs is 1. The zero-order valence-corrected chi connectivity index (χ0v) is 22.6. The highest BCUT2D eigenvalue weighted by atomic mass is 31.2. The lowest BCUT2D eigenvalue weighted by Gasteiger charge is -2.26. The first-order chi connectivity index (χ1) is 18.3. The number of hydrogen-bond acceptors (Lipinski definition) is 10. The van der Waals surface area contributed by atoms with Crippen LogP contribution >= 0.6 is 7.52 Å². The Bertz CT molecular complexity index is 1300. The van der Waals surface area contributed by atoms with E-state index < -0.39 is 49.8 Å². The van der Waals surface area contributed by atoms with Crippen molar-refractivity contribution in [1.29, 1.82) is 0 Å². The molecule has 0 aliphatic rings. The second-order valence-electron chi connectivity index (χ2n) is 8.84. The van der Waals surface area contributed by atoms with E-state index in [0.29, 0.717) is 11.2 Å². The Morgan fingerprint density at radius 2 is 1.85 bits per heavy atom. The molecule has 0 spiro atoms. The number of carbonyl (C=O) groups excluding carboxylic acids is 1. The number of imidazole rings is 1. The predicted octanol–water partition coefficient (Wildman–Crippen LogP) is 3.62. The Morgan fingerprint density at radius 1 is 1.15 bits per heavy atom. The third-order valence-electron chi connectivity index (χ3n) is 5.17. The van der Waals surface area contributed by atoms with Gasteiger partial charge in [0.1, 0.15) is 30.0 Å². The summed E-state index contributed by atoms with van der Waals surface area (Å²) >= 11 is 0. The normalized spacial score (nSPS) is 15.2. The number of hydrogen-bond donors (Lipinski definition) is 2. The van der Waals surface area contributed by atoms with Crippen LogP contribution in [-0.4, -0.2) is 63.8 Å². The number of aromatic nitrogens is 4. The summed E-state index contributed by atoms with van der Waals surface area (Å²) in [6, 6.07) is 2.43. The number of rotatable bonds is 13. The smallest absolute Gasteiger partial charge is 0.416 e. The largest absolute Gasteiger partial charge is 0.462 e. The number of methoxy groups -OCH3 is 1. The molecule has 0 fully saturated rings. The Hall–Kier alpha value is -3.26. The fraction of sp³-hybridized carbons (Fsp3) is 0.478. The van der Waals surface area contributed by atoms with Crippen LogP contribution in [0.15, 0.2) is 36.9 Å². The molecule has 39 heavy (non-hydrogen) atoms. The monoisotopic (exact) mass is 574 g/mol. The maximum Gasteiger partial charge on any atom is 0.416 e. The molecule has 2 heterocycles. The lowest BCUT2D eigenvalue weighted by atomic mass is 10.2. The van der Waals surface area contributed by atoms with Crippen molar-refractivity contribution in [2.45, 2.75) is 51.7 Å². The van der Waals surface area contributed by atoms with Crippen LogP contribution in [0.25, 0.3) is 11.2 Å². The average molecular weight is 574 g/mol. The number of anilines is 1. The Labute approximate surface area is 222 Å². The Kier molecular flexibility index (Phi) is 9.88. The zero-order valence-electron chi connectivity index (χ0n) is 21.7. The van der Waals surface area contributed by atoms with Crippen molar-refractivity contribution < 1.29 is 41.3 Å². The van der Waals surface area contributed by atoms with Crippen molar-refractivity contribution in [3.8, 4) is 5.75 Å². The molecule has 214 valence electrons. The number of esters is 1. The van der Waals surface area contributed by atoms with E-state index in [2.05, 4.69) is 20.0 Å². The second kappa shape index (κ2) is 12.7. The number of benzene rings is 1. The number of ether oxygens (including phenoxy) is 3. The van der Waals surface area contributed by atoms with Crippen molar-refractivity contribution in [3.05, 3.63) is 42.5 Å². The van der Waals surface area contributed by atoms with Crippen LogP contribution in [0, 0.1) is 0 Å². The van der Waals surface area contributed by atoms with E-state index in [0.717, 1.165) is 24.3 Å². The third kappa shape index (κ3) is 8.36. The molecule has 0 radical (unpaired) electrons. The highest BCUT2D eigenvalue weighted by molar-refractivity contribution is 7.57. The van der Waals surface area contributed by atoms with Crippen molar-refractivity contribution in [2.75, 3.05) is 25.8 Å².